The first-order chi connectivity index (χ1) is 6.83. The molecule has 1 unspecified atom stereocenters. The summed E-state index contributed by atoms with van der Waals surface area (Å²) in [4.78, 5) is 0. The zero-order chi connectivity index (χ0) is 9.97. The zero-order valence-corrected chi connectivity index (χ0v) is 8.62. The van der Waals surface area contributed by atoms with Crippen LogP contribution in [-0.4, -0.2) is 6.61 Å². The Morgan fingerprint density at radius 3 is 3.14 bits per heavy atom. The van der Waals surface area contributed by atoms with Crippen LogP contribution in [-0.2, 0) is 6.42 Å². The van der Waals surface area contributed by atoms with Crippen molar-refractivity contribution in [2.24, 2.45) is 5.73 Å². The van der Waals surface area contributed by atoms with E-state index < -0.39 is 0 Å². The molecule has 76 valence electrons. The molecule has 0 fully saturated rings. The fourth-order valence-corrected chi connectivity index (χ4v) is 2.14. The Kier molecular flexibility index (Phi) is 2.73. The van der Waals surface area contributed by atoms with Crippen molar-refractivity contribution < 1.29 is 4.74 Å². The molecule has 0 saturated carbocycles. The van der Waals surface area contributed by atoms with Gasteiger partial charge in [0, 0.05) is 6.04 Å². The maximum Gasteiger partial charge on any atom is 0.122 e. The Morgan fingerprint density at radius 1 is 1.50 bits per heavy atom. The molecule has 14 heavy (non-hydrogen) atoms. The van der Waals surface area contributed by atoms with E-state index in [4.69, 9.17) is 10.5 Å². The van der Waals surface area contributed by atoms with Crippen molar-refractivity contribution in [3.8, 4) is 5.75 Å². The lowest BCUT2D eigenvalue weighted by atomic mass is 9.88. The molecule has 2 nitrogen and oxygen atoms in total. The maximum absolute atomic E-state index is 6.06. The molecular formula is C12H17NO. The minimum absolute atomic E-state index is 0.208. The molecule has 0 spiro atoms. The molecule has 1 atom stereocenters. The Labute approximate surface area is 85.1 Å². The maximum atomic E-state index is 6.06. The molecular weight excluding hydrogens is 174 g/mol. The van der Waals surface area contributed by atoms with Crippen LogP contribution in [0.1, 0.15) is 36.9 Å². The van der Waals surface area contributed by atoms with Crippen molar-refractivity contribution in [3.05, 3.63) is 29.3 Å². The van der Waals surface area contributed by atoms with Gasteiger partial charge in [-0.15, -0.1) is 0 Å². The molecule has 1 aromatic carbocycles. The van der Waals surface area contributed by atoms with Crippen molar-refractivity contribution in [3.63, 3.8) is 0 Å². The lowest BCUT2D eigenvalue weighted by Gasteiger charge is -2.24. The quantitative estimate of drug-likeness (QED) is 0.779. The molecule has 0 aromatic heterocycles. The number of ether oxygens (including phenoxy) is 1. The molecule has 0 heterocycles. The smallest absolute Gasteiger partial charge is 0.122 e. The van der Waals surface area contributed by atoms with Crippen molar-refractivity contribution in [1.82, 2.24) is 0 Å². The lowest BCUT2D eigenvalue weighted by molar-refractivity contribution is 0.333. The van der Waals surface area contributed by atoms with Gasteiger partial charge in [-0.25, -0.2) is 0 Å². The number of rotatable bonds is 2. The molecule has 1 aliphatic carbocycles. The Balaban J connectivity index is 2.39. The summed E-state index contributed by atoms with van der Waals surface area (Å²) in [5.41, 5.74) is 8.66. The Hall–Kier alpha value is -1.02. The highest BCUT2D eigenvalue weighted by Crippen LogP contribution is 2.33. The van der Waals surface area contributed by atoms with Crippen LogP contribution in [0.4, 0.5) is 0 Å². The fourth-order valence-electron chi connectivity index (χ4n) is 2.14. The third-order valence-corrected chi connectivity index (χ3v) is 2.81. The van der Waals surface area contributed by atoms with Crippen molar-refractivity contribution in [1.29, 1.82) is 0 Å². The SMILES string of the molecule is CCOc1cccc2c1CCCC2N. The lowest BCUT2D eigenvalue weighted by Crippen LogP contribution is -2.18. The van der Waals surface area contributed by atoms with Crippen LogP contribution in [0.3, 0.4) is 0 Å². The monoisotopic (exact) mass is 191 g/mol. The number of fused-ring (bicyclic) bond motifs is 1. The van der Waals surface area contributed by atoms with Gasteiger partial charge in [-0.3, -0.25) is 0 Å². The third kappa shape index (κ3) is 1.62. The van der Waals surface area contributed by atoms with E-state index >= 15 is 0 Å². The van der Waals surface area contributed by atoms with Gasteiger partial charge in [0.05, 0.1) is 6.61 Å². The van der Waals surface area contributed by atoms with Gasteiger partial charge in [0.25, 0.3) is 0 Å². The second-order valence-corrected chi connectivity index (χ2v) is 3.76. The largest absolute Gasteiger partial charge is 0.494 e. The van der Waals surface area contributed by atoms with E-state index in [0.29, 0.717) is 0 Å². The predicted molar refractivity (Wildman–Crippen MR) is 57.5 cm³/mol. The van der Waals surface area contributed by atoms with Crippen LogP contribution in [0, 0.1) is 0 Å². The molecule has 0 saturated heterocycles. The summed E-state index contributed by atoms with van der Waals surface area (Å²) in [6, 6.07) is 6.41. The van der Waals surface area contributed by atoms with Crippen molar-refractivity contribution in [2.75, 3.05) is 6.61 Å². The molecule has 1 aromatic rings. The third-order valence-electron chi connectivity index (χ3n) is 2.81. The molecule has 1 aliphatic rings. The van der Waals surface area contributed by atoms with Crippen LogP contribution in [0.5, 0.6) is 5.75 Å². The van der Waals surface area contributed by atoms with Gasteiger partial charge in [0.15, 0.2) is 0 Å². The second kappa shape index (κ2) is 4.01. The van der Waals surface area contributed by atoms with Gasteiger partial charge in [-0.05, 0) is 43.4 Å². The molecule has 2 rings (SSSR count). The summed E-state index contributed by atoms with van der Waals surface area (Å²) >= 11 is 0. The Morgan fingerprint density at radius 2 is 2.36 bits per heavy atom. The number of benzene rings is 1. The van der Waals surface area contributed by atoms with E-state index in [9.17, 15) is 0 Å². The summed E-state index contributed by atoms with van der Waals surface area (Å²) < 4.78 is 5.60. The molecule has 2 N–H and O–H groups in total. The van der Waals surface area contributed by atoms with Gasteiger partial charge < -0.3 is 10.5 Å². The van der Waals surface area contributed by atoms with Crippen LogP contribution < -0.4 is 10.5 Å². The van der Waals surface area contributed by atoms with E-state index in [1.807, 2.05) is 19.1 Å². The molecule has 0 aliphatic heterocycles. The number of nitrogens with two attached hydrogens (primary N) is 1. The van der Waals surface area contributed by atoms with Crippen LogP contribution in [0.15, 0.2) is 18.2 Å². The highest BCUT2D eigenvalue weighted by atomic mass is 16.5. The highest BCUT2D eigenvalue weighted by Gasteiger charge is 2.19. The van der Waals surface area contributed by atoms with Crippen LogP contribution >= 0.6 is 0 Å². The minimum atomic E-state index is 0.208. The van der Waals surface area contributed by atoms with E-state index in [0.717, 1.165) is 25.2 Å². The van der Waals surface area contributed by atoms with Crippen molar-refractivity contribution >= 4 is 0 Å². The van der Waals surface area contributed by atoms with Crippen LogP contribution in [0.25, 0.3) is 0 Å². The molecule has 0 amide bonds. The topological polar surface area (TPSA) is 35.2 Å². The molecule has 0 bridgehead atoms. The normalized spacial score (nSPS) is 20.3. The van der Waals surface area contributed by atoms with E-state index in [1.165, 1.54) is 17.5 Å². The Bertz CT molecular complexity index is 322. The fraction of sp³-hybridized carbons (Fsp3) is 0.500. The second-order valence-electron chi connectivity index (χ2n) is 3.76. The standard InChI is InChI=1S/C12H17NO/c1-2-14-12-8-4-5-9-10(12)6-3-7-11(9)13/h4-5,8,11H,2-3,6-7,13H2,1H3. The number of hydrogen-bond donors (Lipinski definition) is 1. The van der Waals surface area contributed by atoms with E-state index in [1.54, 1.807) is 0 Å². The average molecular weight is 191 g/mol. The van der Waals surface area contributed by atoms with Crippen LogP contribution in [0.2, 0.25) is 0 Å². The van der Waals surface area contributed by atoms with Gasteiger partial charge >= 0.3 is 0 Å². The van der Waals surface area contributed by atoms with E-state index in [-0.39, 0.29) is 6.04 Å². The summed E-state index contributed by atoms with van der Waals surface area (Å²) in [5.74, 6) is 1.03. The molecule has 2 heteroatoms. The highest BCUT2D eigenvalue weighted by molar-refractivity contribution is 5.43. The van der Waals surface area contributed by atoms with Gasteiger partial charge in [0.2, 0.25) is 0 Å². The summed E-state index contributed by atoms with van der Waals surface area (Å²) in [6.07, 6.45) is 3.39. The van der Waals surface area contributed by atoms with Gasteiger partial charge in [-0.1, -0.05) is 12.1 Å². The zero-order valence-electron chi connectivity index (χ0n) is 8.62. The van der Waals surface area contributed by atoms with Gasteiger partial charge in [-0.2, -0.15) is 0 Å². The first-order valence-corrected chi connectivity index (χ1v) is 5.33. The summed E-state index contributed by atoms with van der Waals surface area (Å²) in [6.45, 7) is 2.74. The number of hydrogen-bond acceptors (Lipinski definition) is 2. The summed E-state index contributed by atoms with van der Waals surface area (Å²) in [5, 5.41) is 0. The summed E-state index contributed by atoms with van der Waals surface area (Å²) in [7, 11) is 0. The predicted octanol–water partition coefficient (Wildman–Crippen LogP) is 2.42. The minimum Gasteiger partial charge on any atom is -0.494 e. The molecule has 0 radical (unpaired) electrons. The average Bonchev–Trinajstić information content (AvgIpc) is 2.20. The first-order valence-electron chi connectivity index (χ1n) is 5.33. The van der Waals surface area contributed by atoms with Gasteiger partial charge in [0.1, 0.15) is 5.75 Å². The van der Waals surface area contributed by atoms with Crippen molar-refractivity contribution in [2.45, 2.75) is 32.2 Å². The van der Waals surface area contributed by atoms with E-state index in [2.05, 4.69) is 6.07 Å². The first kappa shape index (κ1) is 9.53.